The number of esters is 1. The second-order valence-corrected chi connectivity index (χ2v) is 3.82. The van der Waals surface area contributed by atoms with Crippen LogP contribution in [-0.2, 0) is 16.1 Å². The van der Waals surface area contributed by atoms with Crippen molar-refractivity contribution < 1.29 is 18.7 Å². The number of ether oxygens (including phenoxy) is 2. The molecule has 0 aliphatic heterocycles. The minimum atomic E-state index is -0.721. The quantitative estimate of drug-likeness (QED) is 0.788. The molecule has 1 aromatic carbocycles. The van der Waals surface area contributed by atoms with Gasteiger partial charge in [-0.3, -0.25) is 0 Å². The van der Waals surface area contributed by atoms with Crippen LogP contribution in [-0.4, -0.2) is 25.7 Å². The Morgan fingerprint density at radius 2 is 2.22 bits per heavy atom. The van der Waals surface area contributed by atoms with Gasteiger partial charge in [-0.25, -0.2) is 9.18 Å². The fraction of sp³-hybridized carbons (Fsp3) is 0.462. The fourth-order valence-electron chi connectivity index (χ4n) is 1.47. The van der Waals surface area contributed by atoms with Crippen molar-refractivity contribution in [1.29, 1.82) is 0 Å². The zero-order valence-electron chi connectivity index (χ0n) is 10.8. The Kier molecular flexibility index (Phi) is 5.58. The van der Waals surface area contributed by atoms with Gasteiger partial charge in [0.15, 0.2) is 6.10 Å². The predicted octanol–water partition coefficient (Wildman–Crippen LogP) is 1.88. The van der Waals surface area contributed by atoms with E-state index in [1.54, 1.807) is 6.92 Å². The van der Waals surface area contributed by atoms with Gasteiger partial charge in [0.05, 0.1) is 7.11 Å². The number of rotatable bonds is 6. The summed E-state index contributed by atoms with van der Waals surface area (Å²) < 4.78 is 23.2. The Morgan fingerprint density at radius 3 is 2.83 bits per heavy atom. The highest BCUT2D eigenvalue weighted by atomic mass is 19.1. The Morgan fingerprint density at radius 1 is 1.50 bits per heavy atom. The number of methoxy groups -OCH3 is 1. The van der Waals surface area contributed by atoms with Gasteiger partial charge in [0.25, 0.3) is 0 Å². The molecule has 0 amide bonds. The van der Waals surface area contributed by atoms with E-state index >= 15 is 0 Å². The molecular weight excluding hydrogens is 237 g/mol. The van der Waals surface area contributed by atoms with Gasteiger partial charge in [-0.15, -0.1) is 0 Å². The SMILES string of the molecule is CCNCc1cc(F)ccc1OC(C)C(=O)OC. The van der Waals surface area contributed by atoms with Crippen LogP contribution in [0.1, 0.15) is 19.4 Å². The highest BCUT2D eigenvalue weighted by molar-refractivity contribution is 5.74. The molecule has 18 heavy (non-hydrogen) atoms. The maximum atomic E-state index is 13.2. The van der Waals surface area contributed by atoms with Gasteiger partial charge in [0.1, 0.15) is 11.6 Å². The van der Waals surface area contributed by atoms with E-state index in [1.165, 1.54) is 25.3 Å². The molecule has 1 unspecified atom stereocenters. The lowest BCUT2D eigenvalue weighted by Gasteiger charge is -2.16. The van der Waals surface area contributed by atoms with Crippen LogP contribution in [0.3, 0.4) is 0 Å². The third kappa shape index (κ3) is 4.00. The number of benzene rings is 1. The molecule has 0 fully saturated rings. The lowest BCUT2D eigenvalue weighted by molar-refractivity contribution is -0.147. The molecule has 0 aliphatic rings. The van der Waals surface area contributed by atoms with Crippen LogP contribution in [0, 0.1) is 5.82 Å². The molecule has 4 nitrogen and oxygen atoms in total. The molecule has 0 aromatic heterocycles. The van der Waals surface area contributed by atoms with Crippen LogP contribution in [0.15, 0.2) is 18.2 Å². The summed E-state index contributed by atoms with van der Waals surface area (Å²) >= 11 is 0. The summed E-state index contributed by atoms with van der Waals surface area (Å²) in [5.41, 5.74) is 0.674. The molecule has 1 N–H and O–H groups in total. The first-order valence-electron chi connectivity index (χ1n) is 5.82. The van der Waals surface area contributed by atoms with Crippen LogP contribution in [0.5, 0.6) is 5.75 Å². The molecule has 0 radical (unpaired) electrons. The molecule has 0 saturated carbocycles. The van der Waals surface area contributed by atoms with Crippen molar-refractivity contribution in [3.63, 3.8) is 0 Å². The first-order valence-corrected chi connectivity index (χ1v) is 5.82. The van der Waals surface area contributed by atoms with E-state index in [4.69, 9.17) is 4.74 Å². The van der Waals surface area contributed by atoms with E-state index in [1.807, 2.05) is 6.92 Å². The van der Waals surface area contributed by atoms with Crippen molar-refractivity contribution >= 4 is 5.97 Å². The monoisotopic (exact) mass is 255 g/mol. The van der Waals surface area contributed by atoms with Gasteiger partial charge in [-0.1, -0.05) is 6.92 Å². The second kappa shape index (κ2) is 6.96. The van der Waals surface area contributed by atoms with Crippen molar-refractivity contribution in [3.8, 4) is 5.75 Å². The minimum absolute atomic E-state index is 0.332. The normalized spacial score (nSPS) is 12.0. The van der Waals surface area contributed by atoms with E-state index in [-0.39, 0.29) is 5.82 Å². The third-order valence-electron chi connectivity index (χ3n) is 2.42. The van der Waals surface area contributed by atoms with Crippen molar-refractivity contribution in [1.82, 2.24) is 5.32 Å². The maximum Gasteiger partial charge on any atom is 0.346 e. The van der Waals surface area contributed by atoms with Crippen LogP contribution < -0.4 is 10.1 Å². The van der Waals surface area contributed by atoms with Gasteiger partial charge in [-0.2, -0.15) is 0 Å². The molecule has 0 heterocycles. The van der Waals surface area contributed by atoms with E-state index in [2.05, 4.69) is 10.1 Å². The third-order valence-corrected chi connectivity index (χ3v) is 2.42. The Balaban J connectivity index is 2.83. The average molecular weight is 255 g/mol. The van der Waals surface area contributed by atoms with Gasteiger partial charge >= 0.3 is 5.97 Å². The molecule has 0 spiro atoms. The number of carbonyl (C=O) groups excluding carboxylic acids is 1. The summed E-state index contributed by atoms with van der Waals surface area (Å²) in [5.74, 6) is -0.315. The summed E-state index contributed by atoms with van der Waals surface area (Å²) in [4.78, 5) is 11.3. The first-order chi connectivity index (χ1) is 8.58. The Bertz CT molecular complexity index is 409. The zero-order valence-corrected chi connectivity index (χ0v) is 10.8. The second-order valence-electron chi connectivity index (χ2n) is 3.82. The largest absolute Gasteiger partial charge is 0.479 e. The Labute approximate surface area is 106 Å². The summed E-state index contributed by atoms with van der Waals surface area (Å²) in [6.45, 7) is 4.79. The molecule has 0 aliphatic carbocycles. The molecule has 0 saturated heterocycles. The van der Waals surface area contributed by atoms with Crippen LogP contribution in [0.2, 0.25) is 0 Å². The number of nitrogens with one attached hydrogen (secondary N) is 1. The summed E-state index contributed by atoms with van der Waals surface area (Å²) in [6, 6.07) is 4.21. The van der Waals surface area contributed by atoms with Crippen molar-refractivity contribution in [2.24, 2.45) is 0 Å². The highest BCUT2D eigenvalue weighted by Gasteiger charge is 2.16. The van der Waals surface area contributed by atoms with E-state index < -0.39 is 12.1 Å². The van der Waals surface area contributed by atoms with Crippen molar-refractivity contribution in [3.05, 3.63) is 29.6 Å². The fourth-order valence-corrected chi connectivity index (χ4v) is 1.47. The summed E-state index contributed by atoms with van der Waals surface area (Å²) in [6.07, 6.45) is -0.721. The molecule has 100 valence electrons. The molecule has 5 heteroatoms. The average Bonchev–Trinajstić information content (AvgIpc) is 2.37. The van der Waals surface area contributed by atoms with Gasteiger partial charge in [0.2, 0.25) is 0 Å². The molecule has 1 rings (SSSR count). The molecular formula is C13H18FNO3. The van der Waals surface area contributed by atoms with Crippen molar-refractivity contribution in [2.75, 3.05) is 13.7 Å². The number of halogens is 1. The summed E-state index contributed by atoms with van der Waals surface area (Å²) in [5, 5.41) is 3.09. The molecule has 1 aromatic rings. The van der Waals surface area contributed by atoms with Crippen molar-refractivity contribution in [2.45, 2.75) is 26.5 Å². The van der Waals surface area contributed by atoms with E-state index in [0.29, 0.717) is 17.9 Å². The van der Waals surface area contributed by atoms with Crippen LogP contribution in [0.4, 0.5) is 4.39 Å². The standard InChI is InChI=1S/C13H18FNO3/c1-4-15-8-10-7-11(14)5-6-12(10)18-9(2)13(16)17-3/h5-7,9,15H,4,8H2,1-3H3. The number of hydrogen-bond donors (Lipinski definition) is 1. The summed E-state index contributed by atoms with van der Waals surface area (Å²) in [7, 11) is 1.30. The predicted molar refractivity (Wildman–Crippen MR) is 65.9 cm³/mol. The minimum Gasteiger partial charge on any atom is -0.479 e. The van der Waals surface area contributed by atoms with Gasteiger partial charge in [-0.05, 0) is 31.7 Å². The molecule has 1 atom stereocenters. The van der Waals surface area contributed by atoms with Gasteiger partial charge < -0.3 is 14.8 Å². The first kappa shape index (κ1) is 14.4. The lowest BCUT2D eigenvalue weighted by atomic mass is 10.2. The van der Waals surface area contributed by atoms with E-state index in [0.717, 1.165) is 6.54 Å². The maximum absolute atomic E-state index is 13.2. The topological polar surface area (TPSA) is 47.6 Å². The smallest absolute Gasteiger partial charge is 0.346 e. The Hall–Kier alpha value is -1.62. The lowest BCUT2D eigenvalue weighted by Crippen LogP contribution is -2.25. The number of carbonyl (C=O) groups is 1. The van der Waals surface area contributed by atoms with Crippen LogP contribution in [0.25, 0.3) is 0 Å². The number of hydrogen-bond acceptors (Lipinski definition) is 4. The van der Waals surface area contributed by atoms with Crippen LogP contribution >= 0.6 is 0 Å². The zero-order chi connectivity index (χ0) is 13.5. The highest BCUT2D eigenvalue weighted by Crippen LogP contribution is 2.21. The van der Waals surface area contributed by atoms with E-state index in [9.17, 15) is 9.18 Å². The molecule has 0 bridgehead atoms. The van der Waals surface area contributed by atoms with Gasteiger partial charge in [0, 0.05) is 12.1 Å².